The minimum atomic E-state index is 0.431. The molecule has 0 aliphatic carbocycles. The van der Waals surface area contributed by atoms with Crippen LogP contribution >= 0.6 is 0 Å². The van der Waals surface area contributed by atoms with E-state index >= 15 is 0 Å². The number of nitrogens with two attached hydrogens (primary N) is 1. The second kappa shape index (κ2) is 3.81. The first kappa shape index (κ1) is 10.1. The minimum Gasteiger partial charge on any atom is -0.396 e. The number of aryl methyl sites for hydroxylation is 1. The second-order valence-corrected chi connectivity index (χ2v) is 3.78. The van der Waals surface area contributed by atoms with Gasteiger partial charge in [-0.25, -0.2) is 0 Å². The molecule has 0 saturated carbocycles. The summed E-state index contributed by atoms with van der Waals surface area (Å²) in [5.74, 6) is 0.638. The number of nitrogen functional groups attached to an aromatic ring is 1. The van der Waals surface area contributed by atoms with E-state index in [9.17, 15) is 0 Å². The molecule has 2 unspecified atom stereocenters. The van der Waals surface area contributed by atoms with Crippen LogP contribution in [-0.4, -0.2) is 9.78 Å². The lowest BCUT2D eigenvalue weighted by molar-refractivity contribution is 0.342. The van der Waals surface area contributed by atoms with Gasteiger partial charge in [0.25, 0.3) is 0 Å². The molecule has 1 rings (SSSR count). The largest absolute Gasteiger partial charge is 0.396 e. The van der Waals surface area contributed by atoms with Gasteiger partial charge >= 0.3 is 0 Å². The highest BCUT2D eigenvalue weighted by Gasteiger charge is 2.13. The summed E-state index contributed by atoms with van der Waals surface area (Å²) < 4.78 is 1.97. The van der Waals surface area contributed by atoms with Gasteiger partial charge in [0.2, 0.25) is 0 Å². The maximum atomic E-state index is 5.74. The third kappa shape index (κ3) is 2.02. The number of aromatic nitrogens is 2. The predicted octanol–water partition coefficient (Wildman–Crippen LogP) is 2.38. The van der Waals surface area contributed by atoms with Crippen LogP contribution in [0.3, 0.4) is 0 Å². The average Bonchev–Trinajstić information content (AvgIpc) is 2.44. The highest BCUT2D eigenvalue weighted by Crippen LogP contribution is 2.21. The van der Waals surface area contributed by atoms with E-state index in [1.807, 2.05) is 17.8 Å². The lowest BCUT2D eigenvalue weighted by Crippen LogP contribution is -2.13. The lowest BCUT2D eigenvalue weighted by atomic mass is 10.0. The monoisotopic (exact) mass is 181 g/mol. The Bertz CT molecular complexity index is 258. The Morgan fingerprint density at radius 1 is 1.54 bits per heavy atom. The Morgan fingerprint density at radius 2 is 2.15 bits per heavy atom. The van der Waals surface area contributed by atoms with Gasteiger partial charge in [-0.05, 0) is 19.8 Å². The molecule has 1 aromatic rings. The molecule has 0 amide bonds. The summed E-state index contributed by atoms with van der Waals surface area (Å²) in [6.45, 7) is 8.55. The molecule has 0 saturated heterocycles. The first-order valence-electron chi connectivity index (χ1n) is 4.87. The molecule has 0 fully saturated rings. The molecule has 1 heterocycles. The van der Waals surface area contributed by atoms with E-state index in [0.717, 1.165) is 11.4 Å². The fourth-order valence-electron chi connectivity index (χ4n) is 1.31. The van der Waals surface area contributed by atoms with Crippen molar-refractivity contribution in [1.29, 1.82) is 0 Å². The van der Waals surface area contributed by atoms with Gasteiger partial charge in [0.05, 0.1) is 17.4 Å². The van der Waals surface area contributed by atoms with Gasteiger partial charge in [-0.1, -0.05) is 20.3 Å². The quantitative estimate of drug-likeness (QED) is 0.778. The highest BCUT2D eigenvalue weighted by atomic mass is 15.3. The fraction of sp³-hybridized carbons (Fsp3) is 0.700. The number of hydrogen-bond donors (Lipinski definition) is 1. The van der Waals surface area contributed by atoms with Crippen LogP contribution < -0.4 is 5.73 Å². The van der Waals surface area contributed by atoms with Gasteiger partial charge in [-0.15, -0.1) is 0 Å². The van der Waals surface area contributed by atoms with E-state index in [1.165, 1.54) is 6.42 Å². The lowest BCUT2D eigenvalue weighted by Gasteiger charge is -2.18. The molecule has 0 spiro atoms. The fourth-order valence-corrected chi connectivity index (χ4v) is 1.31. The minimum absolute atomic E-state index is 0.431. The molecule has 3 heteroatoms. The maximum absolute atomic E-state index is 5.74. The van der Waals surface area contributed by atoms with Crippen LogP contribution in [0.1, 0.15) is 38.9 Å². The van der Waals surface area contributed by atoms with Gasteiger partial charge in [0, 0.05) is 6.20 Å². The van der Waals surface area contributed by atoms with E-state index in [-0.39, 0.29) is 0 Å². The van der Waals surface area contributed by atoms with Gasteiger partial charge in [0.15, 0.2) is 0 Å². The third-order valence-electron chi connectivity index (χ3n) is 2.84. The van der Waals surface area contributed by atoms with Gasteiger partial charge in [0.1, 0.15) is 0 Å². The summed E-state index contributed by atoms with van der Waals surface area (Å²) >= 11 is 0. The summed E-state index contributed by atoms with van der Waals surface area (Å²) in [5.41, 5.74) is 7.45. The van der Waals surface area contributed by atoms with Gasteiger partial charge in [-0.3, -0.25) is 4.68 Å². The smallest absolute Gasteiger partial charge is 0.0823 e. The zero-order valence-corrected chi connectivity index (χ0v) is 8.91. The zero-order valence-electron chi connectivity index (χ0n) is 8.91. The van der Waals surface area contributed by atoms with Crippen LogP contribution in [0.5, 0.6) is 0 Å². The Hall–Kier alpha value is -0.990. The molecule has 2 atom stereocenters. The van der Waals surface area contributed by atoms with Crippen LogP contribution in [-0.2, 0) is 0 Å². The first-order chi connectivity index (χ1) is 6.06. The van der Waals surface area contributed by atoms with Crippen LogP contribution in [0.4, 0.5) is 5.69 Å². The molecule has 74 valence electrons. The van der Waals surface area contributed by atoms with E-state index < -0.39 is 0 Å². The molecule has 2 N–H and O–H groups in total. The number of hydrogen-bond acceptors (Lipinski definition) is 2. The van der Waals surface area contributed by atoms with Crippen LogP contribution in [0, 0.1) is 12.8 Å². The summed E-state index contributed by atoms with van der Waals surface area (Å²) in [6.07, 6.45) is 3.09. The van der Waals surface area contributed by atoms with Crippen molar-refractivity contribution in [2.45, 2.75) is 40.2 Å². The van der Waals surface area contributed by atoms with Crippen molar-refractivity contribution >= 4 is 5.69 Å². The molecular weight excluding hydrogens is 162 g/mol. The Kier molecular flexibility index (Phi) is 2.96. The van der Waals surface area contributed by atoms with Gasteiger partial charge < -0.3 is 5.73 Å². The van der Waals surface area contributed by atoms with E-state index in [0.29, 0.717) is 12.0 Å². The maximum Gasteiger partial charge on any atom is 0.0823 e. The summed E-state index contributed by atoms with van der Waals surface area (Å²) in [7, 11) is 0. The Labute approximate surface area is 79.9 Å². The molecular formula is C10H19N3. The second-order valence-electron chi connectivity index (χ2n) is 3.78. The number of rotatable bonds is 3. The normalized spacial score (nSPS) is 15.7. The van der Waals surface area contributed by atoms with Crippen LogP contribution in [0.15, 0.2) is 6.20 Å². The molecule has 3 nitrogen and oxygen atoms in total. The average molecular weight is 181 g/mol. The SMILES string of the molecule is CCC(C)C(C)n1cc(N)c(C)n1. The summed E-state index contributed by atoms with van der Waals surface area (Å²) in [4.78, 5) is 0. The zero-order chi connectivity index (χ0) is 10.0. The molecule has 0 radical (unpaired) electrons. The van der Waals surface area contributed by atoms with Crippen LogP contribution in [0.25, 0.3) is 0 Å². The summed E-state index contributed by atoms with van der Waals surface area (Å²) in [5, 5.41) is 4.37. The van der Waals surface area contributed by atoms with E-state index in [4.69, 9.17) is 5.73 Å². The number of nitrogens with zero attached hydrogens (tertiary/aromatic N) is 2. The standard InChI is InChI=1S/C10H19N3/c1-5-7(2)9(4)13-6-10(11)8(3)12-13/h6-7,9H,5,11H2,1-4H3. The molecule has 0 aromatic carbocycles. The van der Waals surface area contributed by atoms with Crippen molar-refractivity contribution in [1.82, 2.24) is 9.78 Å². The van der Waals surface area contributed by atoms with Crippen molar-refractivity contribution in [3.8, 4) is 0 Å². The molecule has 0 bridgehead atoms. The van der Waals surface area contributed by atoms with Crippen molar-refractivity contribution < 1.29 is 0 Å². The van der Waals surface area contributed by atoms with Crippen molar-refractivity contribution in [2.75, 3.05) is 5.73 Å². The van der Waals surface area contributed by atoms with Crippen LogP contribution in [0.2, 0.25) is 0 Å². The van der Waals surface area contributed by atoms with Crippen molar-refractivity contribution in [3.63, 3.8) is 0 Å². The third-order valence-corrected chi connectivity index (χ3v) is 2.84. The Morgan fingerprint density at radius 3 is 2.54 bits per heavy atom. The molecule has 13 heavy (non-hydrogen) atoms. The first-order valence-corrected chi connectivity index (χ1v) is 4.87. The molecule has 0 aliphatic heterocycles. The van der Waals surface area contributed by atoms with Crippen molar-refractivity contribution in [2.24, 2.45) is 5.92 Å². The van der Waals surface area contributed by atoms with Gasteiger partial charge in [-0.2, -0.15) is 5.10 Å². The van der Waals surface area contributed by atoms with Crippen molar-refractivity contribution in [3.05, 3.63) is 11.9 Å². The topological polar surface area (TPSA) is 43.8 Å². The molecule has 0 aliphatic rings. The highest BCUT2D eigenvalue weighted by molar-refractivity contribution is 5.39. The predicted molar refractivity (Wildman–Crippen MR) is 55.5 cm³/mol. The van der Waals surface area contributed by atoms with E-state index in [2.05, 4.69) is 25.9 Å². The summed E-state index contributed by atoms with van der Waals surface area (Å²) in [6, 6.07) is 0.431. The molecule has 1 aromatic heterocycles. The number of anilines is 1. The van der Waals surface area contributed by atoms with E-state index in [1.54, 1.807) is 0 Å². The Balaban J connectivity index is 2.82.